The number of halogens is 1. The fraction of sp³-hybridized carbons (Fsp3) is 0.185. The highest BCUT2D eigenvalue weighted by molar-refractivity contribution is 14.1. The van der Waals surface area contributed by atoms with Crippen molar-refractivity contribution in [2.75, 3.05) is 0 Å². The highest BCUT2D eigenvalue weighted by Gasteiger charge is 1.95. The van der Waals surface area contributed by atoms with Gasteiger partial charge in [-0.1, -0.05) is 111 Å². The summed E-state index contributed by atoms with van der Waals surface area (Å²) in [6.45, 7) is 2.24. The van der Waals surface area contributed by atoms with E-state index in [-0.39, 0.29) is 0 Å². The van der Waals surface area contributed by atoms with Gasteiger partial charge in [-0.15, -0.1) is 0 Å². The van der Waals surface area contributed by atoms with Crippen LogP contribution in [-0.4, -0.2) is 0 Å². The first-order valence-electron chi connectivity index (χ1n) is 10.1. The lowest BCUT2D eigenvalue weighted by Crippen LogP contribution is -1.77. The van der Waals surface area contributed by atoms with E-state index in [1.165, 1.54) is 56.4 Å². The third kappa shape index (κ3) is 5.68. The van der Waals surface area contributed by atoms with E-state index in [0.717, 1.165) is 0 Å². The van der Waals surface area contributed by atoms with E-state index in [2.05, 4.69) is 127 Å². The Morgan fingerprint density at radius 2 is 1.29 bits per heavy atom. The second kappa shape index (κ2) is 11.0. The van der Waals surface area contributed by atoms with Crippen LogP contribution in [0.2, 0.25) is 0 Å². The topological polar surface area (TPSA) is 0 Å². The molecule has 0 spiro atoms. The molecule has 4 rings (SSSR count). The molecule has 0 aliphatic carbocycles. The summed E-state index contributed by atoms with van der Waals surface area (Å²) in [5, 5.41) is 5.33. The molecule has 0 N–H and O–H groups in total. The number of rotatable bonds is 5. The number of benzene rings is 4. The molecule has 0 nitrogen and oxygen atoms in total. The molecule has 0 unspecified atom stereocenters. The Hall–Kier alpha value is -2.13. The first kappa shape index (κ1) is 20.6. The minimum atomic E-state index is 1.19. The van der Waals surface area contributed by atoms with Gasteiger partial charge in [-0.3, -0.25) is 0 Å². The lowest BCUT2D eigenvalue weighted by Gasteiger charge is -2.01. The highest BCUT2D eigenvalue weighted by atomic mass is 127. The van der Waals surface area contributed by atoms with Gasteiger partial charge in [0.05, 0.1) is 0 Å². The van der Waals surface area contributed by atoms with Crippen LogP contribution in [0.4, 0.5) is 0 Å². The van der Waals surface area contributed by atoms with Crippen molar-refractivity contribution in [3.8, 4) is 0 Å². The zero-order chi connectivity index (χ0) is 19.6. The van der Waals surface area contributed by atoms with Crippen molar-refractivity contribution in [3.63, 3.8) is 0 Å². The van der Waals surface area contributed by atoms with Crippen molar-refractivity contribution < 1.29 is 0 Å². The molecule has 142 valence electrons. The van der Waals surface area contributed by atoms with Crippen LogP contribution in [0.1, 0.15) is 38.2 Å². The minimum absolute atomic E-state index is 1.19. The lowest BCUT2D eigenvalue weighted by molar-refractivity contribution is 0.730. The van der Waals surface area contributed by atoms with E-state index in [1.54, 1.807) is 0 Å². The molecule has 4 aromatic carbocycles. The number of unbranched alkanes of at least 4 members (excludes halogenated alkanes) is 3. The van der Waals surface area contributed by atoms with Gasteiger partial charge in [0.15, 0.2) is 0 Å². The molecule has 0 aromatic heterocycles. The highest BCUT2D eigenvalue weighted by Crippen LogP contribution is 2.20. The van der Waals surface area contributed by atoms with Crippen LogP contribution in [0, 0.1) is 3.57 Å². The Kier molecular flexibility index (Phi) is 8.10. The lowest BCUT2D eigenvalue weighted by atomic mass is 10.0. The molecule has 4 aromatic rings. The predicted octanol–water partition coefficient (Wildman–Crippen LogP) is 8.88. The van der Waals surface area contributed by atoms with Crippen molar-refractivity contribution in [1.82, 2.24) is 0 Å². The van der Waals surface area contributed by atoms with Crippen molar-refractivity contribution in [2.45, 2.75) is 32.6 Å². The zero-order valence-electron chi connectivity index (χ0n) is 16.4. The van der Waals surface area contributed by atoms with Crippen molar-refractivity contribution >= 4 is 50.2 Å². The molecular formula is C27H27I. The molecule has 0 aliphatic rings. The quantitative estimate of drug-likeness (QED) is 0.199. The third-order valence-electron chi connectivity index (χ3n) is 4.83. The van der Waals surface area contributed by atoms with E-state index < -0.39 is 0 Å². The maximum atomic E-state index is 2.36. The Balaban J connectivity index is 0.000000176. The second-order valence-corrected chi connectivity index (χ2v) is 8.09. The summed E-state index contributed by atoms with van der Waals surface area (Å²) in [5.41, 5.74) is 1.33. The monoisotopic (exact) mass is 478 g/mol. The molecule has 0 heterocycles. The SMILES string of the molecule is CCCCC/C=C/c1cccc2ccccc12.Ic1cccc2ccccc12. The molecule has 0 bridgehead atoms. The van der Waals surface area contributed by atoms with Crippen LogP contribution in [0.15, 0.2) is 91.0 Å². The first-order valence-corrected chi connectivity index (χ1v) is 11.1. The Bertz CT molecular complexity index is 1040. The summed E-state index contributed by atoms with van der Waals surface area (Å²) >= 11 is 2.36. The van der Waals surface area contributed by atoms with Crippen LogP contribution < -0.4 is 0 Å². The Labute approximate surface area is 182 Å². The van der Waals surface area contributed by atoms with Gasteiger partial charge in [-0.05, 0) is 68.6 Å². The maximum absolute atomic E-state index is 2.36. The molecule has 0 fully saturated rings. The Morgan fingerprint density at radius 1 is 0.679 bits per heavy atom. The fourth-order valence-electron chi connectivity index (χ4n) is 3.30. The van der Waals surface area contributed by atoms with Gasteiger partial charge < -0.3 is 0 Å². The van der Waals surface area contributed by atoms with Crippen LogP contribution >= 0.6 is 22.6 Å². The molecule has 0 atom stereocenters. The molecular weight excluding hydrogens is 451 g/mol. The van der Waals surface area contributed by atoms with E-state index in [1.807, 2.05) is 0 Å². The summed E-state index contributed by atoms with van der Waals surface area (Å²) in [5.74, 6) is 0. The molecule has 0 saturated carbocycles. The normalized spacial score (nSPS) is 10.9. The molecule has 0 amide bonds. The second-order valence-electron chi connectivity index (χ2n) is 6.93. The van der Waals surface area contributed by atoms with Crippen LogP contribution in [0.25, 0.3) is 27.6 Å². The number of fused-ring (bicyclic) bond motifs is 2. The average Bonchev–Trinajstić information content (AvgIpc) is 2.75. The summed E-state index contributed by atoms with van der Waals surface area (Å²) in [4.78, 5) is 0. The number of allylic oxidation sites excluding steroid dienone is 1. The van der Waals surface area contributed by atoms with Crippen LogP contribution in [0.3, 0.4) is 0 Å². The number of hydrogen-bond acceptors (Lipinski definition) is 0. The third-order valence-corrected chi connectivity index (χ3v) is 5.77. The summed E-state index contributed by atoms with van der Waals surface area (Å²) in [6, 6.07) is 29.8. The number of hydrogen-bond donors (Lipinski definition) is 0. The molecule has 0 saturated heterocycles. The minimum Gasteiger partial charge on any atom is -0.0839 e. The van der Waals surface area contributed by atoms with Gasteiger partial charge in [0.25, 0.3) is 0 Å². The van der Waals surface area contributed by atoms with Gasteiger partial charge in [0.2, 0.25) is 0 Å². The smallest absolute Gasteiger partial charge is 0.0208 e. The summed E-state index contributed by atoms with van der Waals surface area (Å²) in [6.07, 6.45) is 9.69. The van der Waals surface area contributed by atoms with E-state index in [4.69, 9.17) is 0 Å². The molecule has 28 heavy (non-hydrogen) atoms. The van der Waals surface area contributed by atoms with Gasteiger partial charge in [0.1, 0.15) is 0 Å². The fourth-order valence-corrected chi connectivity index (χ4v) is 4.00. The summed E-state index contributed by atoms with van der Waals surface area (Å²) in [7, 11) is 0. The van der Waals surface area contributed by atoms with Crippen LogP contribution in [-0.2, 0) is 0 Å². The van der Waals surface area contributed by atoms with E-state index >= 15 is 0 Å². The molecule has 1 heteroatoms. The molecule has 0 radical (unpaired) electrons. The molecule has 0 aliphatic heterocycles. The van der Waals surface area contributed by atoms with Crippen molar-refractivity contribution in [2.24, 2.45) is 0 Å². The van der Waals surface area contributed by atoms with Crippen molar-refractivity contribution in [3.05, 3.63) is 100 Å². The van der Waals surface area contributed by atoms with Gasteiger partial charge >= 0.3 is 0 Å². The maximum Gasteiger partial charge on any atom is 0.0208 e. The average molecular weight is 478 g/mol. The predicted molar refractivity (Wildman–Crippen MR) is 134 cm³/mol. The van der Waals surface area contributed by atoms with Crippen LogP contribution in [0.5, 0.6) is 0 Å². The van der Waals surface area contributed by atoms with Crippen molar-refractivity contribution in [1.29, 1.82) is 0 Å². The van der Waals surface area contributed by atoms with Gasteiger partial charge in [-0.25, -0.2) is 0 Å². The first-order chi connectivity index (χ1) is 13.8. The largest absolute Gasteiger partial charge is 0.0839 e. The van der Waals surface area contributed by atoms with E-state index in [9.17, 15) is 0 Å². The van der Waals surface area contributed by atoms with Gasteiger partial charge in [-0.2, -0.15) is 0 Å². The standard InChI is InChI=1S/C17H20.C10H7I/c1-2-3-4-5-6-10-15-12-9-13-16-11-7-8-14-17(15)16;11-10-7-3-5-8-4-1-2-6-9(8)10/h6-14H,2-5H2,1H3;1-7H/b10-6+;. The summed E-state index contributed by atoms with van der Waals surface area (Å²) < 4.78 is 1.32. The van der Waals surface area contributed by atoms with E-state index in [0.29, 0.717) is 0 Å². The Morgan fingerprint density at radius 3 is 2.00 bits per heavy atom. The van der Waals surface area contributed by atoms with Gasteiger partial charge in [0, 0.05) is 3.57 Å². The zero-order valence-corrected chi connectivity index (χ0v) is 18.6.